The van der Waals surface area contributed by atoms with E-state index in [1.807, 2.05) is 0 Å². The van der Waals surface area contributed by atoms with Crippen LogP contribution in [0.15, 0.2) is 35.9 Å². The lowest BCUT2D eigenvalue weighted by Gasteiger charge is -2.03. The van der Waals surface area contributed by atoms with Crippen LogP contribution in [0.4, 0.5) is 13.2 Å². The summed E-state index contributed by atoms with van der Waals surface area (Å²) in [5.41, 5.74) is -0.829. The number of halogens is 3. The minimum Gasteiger partial charge on any atom is -0.192 e. The summed E-state index contributed by atoms with van der Waals surface area (Å²) >= 11 is 0. The van der Waals surface area contributed by atoms with Crippen LogP contribution in [0.25, 0.3) is 6.08 Å². The second-order valence-corrected chi connectivity index (χ2v) is 2.58. The number of nitrogens with zero attached hydrogens (tertiary/aromatic N) is 1. The average Bonchev–Trinajstić information content (AvgIpc) is 2.14. The van der Waals surface area contributed by atoms with E-state index in [0.29, 0.717) is 5.56 Å². The van der Waals surface area contributed by atoms with Gasteiger partial charge in [-0.2, -0.15) is 18.4 Å². The Bertz CT molecular complexity index is 371. The highest BCUT2D eigenvalue weighted by atomic mass is 19.4. The van der Waals surface area contributed by atoms with Crippen molar-refractivity contribution in [2.24, 2.45) is 0 Å². The highest BCUT2D eigenvalue weighted by Crippen LogP contribution is 2.26. The molecule has 0 bridgehead atoms. The molecule has 0 amide bonds. The van der Waals surface area contributed by atoms with Crippen LogP contribution in [0, 0.1) is 11.3 Å². The molecule has 0 unspecified atom stereocenters. The van der Waals surface area contributed by atoms with Crippen molar-refractivity contribution < 1.29 is 13.2 Å². The summed E-state index contributed by atoms with van der Waals surface area (Å²) in [5, 5.41) is 8.28. The first kappa shape index (κ1) is 10.3. The third-order valence-corrected chi connectivity index (χ3v) is 1.54. The van der Waals surface area contributed by atoms with Gasteiger partial charge in [-0.15, -0.1) is 0 Å². The van der Waals surface area contributed by atoms with Gasteiger partial charge in [0.15, 0.2) is 0 Å². The summed E-state index contributed by atoms with van der Waals surface area (Å²) in [6.07, 6.45) is -3.76. The average molecular weight is 197 g/mol. The molecule has 1 nitrogen and oxygen atoms in total. The number of hydrogen-bond donors (Lipinski definition) is 0. The predicted octanol–water partition coefficient (Wildman–Crippen LogP) is 3.16. The van der Waals surface area contributed by atoms with Crippen LogP contribution in [0.2, 0.25) is 0 Å². The molecule has 0 aliphatic carbocycles. The van der Waals surface area contributed by atoms with Crippen molar-refractivity contribution in [2.75, 3.05) is 0 Å². The van der Waals surface area contributed by atoms with E-state index in [-0.39, 0.29) is 0 Å². The zero-order chi connectivity index (χ0) is 10.6. The largest absolute Gasteiger partial charge is 0.426 e. The number of allylic oxidation sites excluding steroid dienone is 1. The van der Waals surface area contributed by atoms with Crippen LogP contribution in [0.5, 0.6) is 0 Å². The molecule has 14 heavy (non-hydrogen) atoms. The van der Waals surface area contributed by atoms with Gasteiger partial charge < -0.3 is 0 Å². The van der Waals surface area contributed by atoms with Crippen molar-refractivity contribution in [1.82, 2.24) is 0 Å². The summed E-state index contributed by atoms with van der Waals surface area (Å²) < 4.78 is 36.3. The van der Waals surface area contributed by atoms with E-state index in [2.05, 4.69) is 0 Å². The van der Waals surface area contributed by atoms with Gasteiger partial charge in [0.1, 0.15) is 11.6 Å². The van der Waals surface area contributed by atoms with E-state index in [1.54, 1.807) is 18.2 Å². The van der Waals surface area contributed by atoms with Crippen LogP contribution < -0.4 is 0 Å². The Morgan fingerprint density at radius 1 is 1.21 bits per heavy atom. The van der Waals surface area contributed by atoms with Gasteiger partial charge in [0.05, 0.1) is 0 Å². The highest BCUT2D eigenvalue weighted by molar-refractivity contribution is 5.58. The zero-order valence-electron chi connectivity index (χ0n) is 7.05. The zero-order valence-corrected chi connectivity index (χ0v) is 7.05. The lowest BCUT2D eigenvalue weighted by molar-refractivity contribution is -0.0864. The second-order valence-electron chi connectivity index (χ2n) is 2.58. The van der Waals surface area contributed by atoms with Gasteiger partial charge in [-0.3, -0.25) is 0 Å². The van der Waals surface area contributed by atoms with E-state index in [0.717, 1.165) is 12.1 Å². The smallest absolute Gasteiger partial charge is 0.192 e. The maximum absolute atomic E-state index is 12.1. The normalized spacial score (nSPS) is 12.3. The minimum absolute atomic E-state index is 0.362. The highest BCUT2D eigenvalue weighted by Gasteiger charge is 2.33. The summed E-state index contributed by atoms with van der Waals surface area (Å²) in [7, 11) is 0. The number of hydrogen-bond acceptors (Lipinski definition) is 1. The molecule has 1 aromatic carbocycles. The van der Waals surface area contributed by atoms with Crippen molar-refractivity contribution >= 4 is 6.08 Å². The molecule has 0 spiro atoms. The van der Waals surface area contributed by atoms with Crippen LogP contribution >= 0.6 is 0 Å². The number of benzene rings is 1. The van der Waals surface area contributed by atoms with Crippen molar-refractivity contribution in [3.05, 3.63) is 41.5 Å². The van der Waals surface area contributed by atoms with Gasteiger partial charge in [-0.1, -0.05) is 30.3 Å². The SMILES string of the molecule is N#CC(=Cc1ccccc1)C(F)(F)F. The Hall–Kier alpha value is -1.76. The fourth-order valence-electron chi connectivity index (χ4n) is 0.893. The molecule has 72 valence electrons. The van der Waals surface area contributed by atoms with E-state index >= 15 is 0 Å². The molecule has 0 aliphatic rings. The molecule has 0 aromatic heterocycles. The third-order valence-electron chi connectivity index (χ3n) is 1.54. The van der Waals surface area contributed by atoms with Crippen LogP contribution in [0.3, 0.4) is 0 Å². The number of alkyl halides is 3. The van der Waals surface area contributed by atoms with Crippen LogP contribution in [-0.4, -0.2) is 6.18 Å². The van der Waals surface area contributed by atoms with Crippen molar-refractivity contribution in [3.8, 4) is 6.07 Å². The minimum atomic E-state index is -4.58. The Morgan fingerprint density at radius 2 is 1.79 bits per heavy atom. The molecule has 0 fully saturated rings. The predicted molar refractivity (Wildman–Crippen MR) is 46.1 cm³/mol. The Balaban J connectivity index is 3.04. The van der Waals surface area contributed by atoms with E-state index in [9.17, 15) is 13.2 Å². The van der Waals surface area contributed by atoms with E-state index in [1.165, 1.54) is 12.1 Å². The lowest BCUT2D eigenvalue weighted by Crippen LogP contribution is -2.09. The van der Waals surface area contributed by atoms with Gasteiger partial charge in [0.2, 0.25) is 0 Å². The van der Waals surface area contributed by atoms with Gasteiger partial charge in [-0.05, 0) is 11.6 Å². The summed E-state index contributed by atoms with van der Waals surface area (Å²) in [4.78, 5) is 0. The molecule has 0 atom stereocenters. The summed E-state index contributed by atoms with van der Waals surface area (Å²) in [6, 6.07) is 9.04. The molecule has 0 radical (unpaired) electrons. The summed E-state index contributed by atoms with van der Waals surface area (Å²) in [5.74, 6) is 0. The lowest BCUT2D eigenvalue weighted by atomic mass is 10.1. The third kappa shape index (κ3) is 2.63. The standard InChI is InChI=1S/C10H6F3N/c11-10(12,13)9(7-14)6-8-4-2-1-3-5-8/h1-6H. The van der Waals surface area contributed by atoms with Gasteiger partial charge in [0, 0.05) is 0 Å². The fourth-order valence-corrected chi connectivity index (χ4v) is 0.893. The van der Waals surface area contributed by atoms with Crippen LogP contribution in [-0.2, 0) is 0 Å². The molecular weight excluding hydrogens is 191 g/mol. The molecule has 0 saturated heterocycles. The Morgan fingerprint density at radius 3 is 2.21 bits per heavy atom. The van der Waals surface area contributed by atoms with Crippen molar-refractivity contribution in [1.29, 1.82) is 5.26 Å². The monoisotopic (exact) mass is 197 g/mol. The van der Waals surface area contributed by atoms with Gasteiger partial charge in [0.25, 0.3) is 0 Å². The molecule has 0 aliphatic heterocycles. The van der Waals surface area contributed by atoms with Crippen molar-refractivity contribution in [2.45, 2.75) is 6.18 Å². The molecule has 1 aromatic rings. The Labute approximate surface area is 79.1 Å². The number of nitriles is 1. The van der Waals surface area contributed by atoms with Crippen molar-refractivity contribution in [3.63, 3.8) is 0 Å². The maximum Gasteiger partial charge on any atom is 0.426 e. The number of rotatable bonds is 1. The molecular formula is C10H6F3N. The first-order chi connectivity index (χ1) is 6.54. The van der Waals surface area contributed by atoms with E-state index < -0.39 is 11.7 Å². The summed E-state index contributed by atoms with van der Waals surface area (Å²) in [6.45, 7) is 0. The quantitative estimate of drug-likeness (QED) is 0.634. The van der Waals surface area contributed by atoms with Gasteiger partial charge >= 0.3 is 6.18 Å². The first-order valence-corrected chi connectivity index (χ1v) is 3.78. The van der Waals surface area contributed by atoms with E-state index in [4.69, 9.17) is 5.26 Å². The molecule has 4 heteroatoms. The molecule has 1 rings (SSSR count). The fraction of sp³-hybridized carbons (Fsp3) is 0.100. The second kappa shape index (κ2) is 3.97. The molecule has 0 heterocycles. The topological polar surface area (TPSA) is 23.8 Å². The van der Waals surface area contributed by atoms with Crippen LogP contribution in [0.1, 0.15) is 5.56 Å². The first-order valence-electron chi connectivity index (χ1n) is 3.78. The Kier molecular flexibility index (Phi) is 2.92. The maximum atomic E-state index is 12.1. The molecule has 0 saturated carbocycles. The molecule has 0 N–H and O–H groups in total. The van der Waals surface area contributed by atoms with Gasteiger partial charge in [-0.25, -0.2) is 0 Å².